The molecule has 5 heteroatoms. The van der Waals surface area contributed by atoms with Crippen LogP contribution in [-0.2, 0) is 14.3 Å². The number of rotatable bonds is 3. The third-order valence-electron chi connectivity index (χ3n) is 3.81. The lowest BCUT2D eigenvalue weighted by molar-refractivity contribution is -0.142. The maximum Gasteiger partial charge on any atom is 0.234 e. The predicted molar refractivity (Wildman–Crippen MR) is 63.6 cm³/mol. The van der Waals surface area contributed by atoms with E-state index in [2.05, 4.69) is 5.32 Å². The summed E-state index contributed by atoms with van der Waals surface area (Å²) in [7, 11) is 0. The highest BCUT2D eigenvalue weighted by molar-refractivity contribution is 5.79. The summed E-state index contributed by atoms with van der Waals surface area (Å²) in [4.78, 5) is 11.0. The number of hydrogen-bond donors (Lipinski definition) is 2. The van der Waals surface area contributed by atoms with Crippen LogP contribution in [-0.4, -0.2) is 43.4 Å². The highest BCUT2D eigenvalue weighted by Gasteiger charge is 2.39. The Morgan fingerprint density at radius 2 is 2.12 bits per heavy atom. The molecule has 0 aromatic heterocycles. The summed E-state index contributed by atoms with van der Waals surface area (Å²) >= 11 is 0. The molecule has 2 heterocycles. The molecule has 1 spiro atoms. The Bertz CT molecular complexity index is 271. The van der Waals surface area contributed by atoms with Crippen molar-refractivity contribution in [3.63, 3.8) is 0 Å². The molecule has 2 aliphatic heterocycles. The predicted octanol–water partition coefficient (Wildman–Crippen LogP) is 0.178. The van der Waals surface area contributed by atoms with E-state index >= 15 is 0 Å². The van der Waals surface area contributed by atoms with Crippen LogP contribution in [0.5, 0.6) is 0 Å². The molecule has 0 aromatic carbocycles. The van der Waals surface area contributed by atoms with Crippen molar-refractivity contribution in [2.75, 3.05) is 19.8 Å². The third kappa shape index (κ3) is 3.18. The molecule has 0 radical (unpaired) electrons. The molecule has 17 heavy (non-hydrogen) atoms. The Kier molecular flexibility index (Phi) is 4.01. The second-order valence-electron chi connectivity index (χ2n) is 5.12. The summed E-state index contributed by atoms with van der Waals surface area (Å²) in [5.74, 6) is -0.294. The van der Waals surface area contributed by atoms with E-state index in [0.29, 0.717) is 6.04 Å². The normalized spacial score (nSPS) is 30.1. The Morgan fingerprint density at radius 3 is 2.76 bits per heavy atom. The van der Waals surface area contributed by atoms with Gasteiger partial charge < -0.3 is 20.5 Å². The van der Waals surface area contributed by atoms with Crippen LogP contribution in [0.2, 0.25) is 0 Å². The van der Waals surface area contributed by atoms with E-state index in [0.717, 1.165) is 45.5 Å². The fourth-order valence-electron chi connectivity index (χ4n) is 2.70. The molecule has 2 saturated heterocycles. The van der Waals surface area contributed by atoms with Crippen LogP contribution in [0.25, 0.3) is 0 Å². The van der Waals surface area contributed by atoms with Gasteiger partial charge >= 0.3 is 0 Å². The molecule has 3 N–H and O–H groups in total. The lowest BCUT2D eigenvalue weighted by Crippen LogP contribution is -2.53. The van der Waals surface area contributed by atoms with Crippen LogP contribution >= 0.6 is 0 Å². The second kappa shape index (κ2) is 5.33. The number of amides is 1. The minimum atomic E-state index is -0.294. The van der Waals surface area contributed by atoms with Gasteiger partial charge in [-0.2, -0.15) is 0 Å². The summed E-state index contributed by atoms with van der Waals surface area (Å²) in [5.41, 5.74) is 5.23. The number of ether oxygens (including phenoxy) is 2. The van der Waals surface area contributed by atoms with Crippen molar-refractivity contribution in [2.45, 2.75) is 50.3 Å². The van der Waals surface area contributed by atoms with Crippen LogP contribution in [0.1, 0.15) is 32.6 Å². The molecule has 98 valence electrons. The van der Waals surface area contributed by atoms with Gasteiger partial charge in [0.25, 0.3) is 0 Å². The Labute approximate surface area is 102 Å². The lowest BCUT2D eigenvalue weighted by atomic mass is 9.84. The van der Waals surface area contributed by atoms with Crippen molar-refractivity contribution in [3.8, 4) is 0 Å². The van der Waals surface area contributed by atoms with Crippen molar-refractivity contribution in [1.82, 2.24) is 5.32 Å². The largest absolute Gasteiger partial charge is 0.381 e. The number of nitrogens with two attached hydrogens (primary N) is 1. The van der Waals surface area contributed by atoms with E-state index in [1.54, 1.807) is 0 Å². The van der Waals surface area contributed by atoms with E-state index in [9.17, 15) is 4.79 Å². The average molecular weight is 242 g/mol. The monoisotopic (exact) mass is 242 g/mol. The third-order valence-corrected chi connectivity index (χ3v) is 3.81. The molecule has 2 aliphatic rings. The van der Waals surface area contributed by atoms with Crippen molar-refractivity contribution >= 4 is 5.91 Å². The summed E-state index contributed by atoms with van der Waals surface area (Å²) in [6, 6.07) is 0.0549. The average Bonchev–Trinajstić information content (AvgIpc) is 2.30. The Morgan fingerprint density at radius 1 is 1.41 bits per heavy atom. The van der Waals surface area contributed by atoms with Gasteiger partial charge in [-0.15, -0.1) is 0 Å². The van der Waals surface area contributed by atoms with E-state index in [-0.39, 0.29) is 17.6 Å². The first-order valence-corrected chi connectivity index (χ1v) is 6.38. The first-order valence-electron chi connectivity index (χ1n) is 6.38. The van der Waals surface area contributed by atoms with Crippen LogP contribution < -0.4 is 11.1 Å². The summed E-state index contributed by atoms with van der Waals surface area (Å²) in [5, 5.41) is 3.29. The van der Waals surface area contributed by atoms with Gasteiger partial charge in [0, 0.05) is 25.9 Å². The SMILES string of the molecule is CC(NC1CCOC2(CCOCC2)C1)C(N)=O. The van der Waals surface area contributed by atoms with Gasteiger partial charge in [0.05, 0.1) is 11.6 Å². The number of carbonyl (C=O) groups excluding carboxylic acids is 1. The van der Waals surface area contributed by atoms with Gasteiger partial charge in [-0.25, -0.2) is 0 Å². The number of primary amides is 1. The molecular formula is C12H22N2O3. The van der Waals surface area contributed by atoms with Gasteiger partial charge in [-0.3, -0.25) is 4.79 Å². The molecule has 2 rings (SSSR count). The summed E-state index contributed by atoms with van der Waals surface area (Å²) < 4.78 is 11.3. The van der Waals surface area contributed by atoms with Crippen LogP contribution in [0.15, 0.2) is 0 Å². The minimum Gasteiger partial charge on any atom is -0.381 e. The van der Waals surface area contributed by atoms with E-state index < -0.39 is 0 Å². The standard InChI is InChI=1S/C12H22N2O3/c1-9(11(13)15)14-10-2-5-17-12(8-10)3-6-16-7-4-12/h9-10,14H,2-8H2,1H3,(H2,13,15). The molecule has 0 aromatic rings. The lowest BCUT2D eigenvalue weighted by Gasteiger charge is -2.44. The van der Waals surface area contributed by atoms with Gasteiger partial charge in [0.1, 0.15) is 0 Å². The Hall–Kier alpha value is -0.650. The van der Waals surface area contributed by atoms with E-state index in [1.807, 2.05) is 6.92 Å². The Balaban J connectivity index is 1.90. The molecule has 0 aliphatic carbocycles. The fourth-order valence-corrected chi connectivity index (χ4v) is 2.70. The maximum absolute atomic E-state index is 11.0. The molecule has 2 atom stereocenters. The van der Waals surface area contributed by atoms with Gasteiger partial charge in [0.2, 0.25) is 5.91 Å². The van der Waals surface area contributed by atoms with Crippen LogP contribution in [0.4, 0.5) is 0 Å². The summed E-state index contributed by atoms with van der Waals surface area (Å²) in [6.45, 7) is 4.12. The molecule has 2 fully saturated rings. The molecule has 0 saturated carbocycles. The topological polar surface area (TPSA) is 73.6 Å². The van der Waals surface area contributed by atoms with E-state index in [4.69, 9.17) is 15.2 Å². The highest BCUT2D eigenvalue weighted by atomic mass is 16.5. The van der Waals surface area contributed by atoms with E-state index in [1.165, 1.54) is 0 Å². The zero-order valence-electron chi connectivity index (χ0n) is 10.4. The summed E-state index contributed by atoms with van der Waals surface area (Å²) in [6.07, 6.45) is 3.81. The molecule has 1 amide bonds. The fraction of sp³-hybridized carbons (Fsp3) is 0.917. The first kappa shape index (κ1) is 12.8. The van der Waals surface area contributed by atoms with Crippen molar-refractivity contribution in [3.05, 3.63) is 0 Å². The van der Waals surface area contributed by atoms with Gasteiger partial charge in [-0.05, 0) is 32.6 Å². The number of nitrogens with one attached hydrogen (secondary N) is 1. The van der Waals surface area contributed by atoms with Crippen molar-refractivity contribution in [2.24, 2.45) is 5.73 Å². The first-order chi connectivity index (χ1) is 8.11. The zero-order chi connectivity index (χ0) is 12.3. The molecular weight excluding hydrogens is 220 g/mol. The van der Waals surface area contributed by atoms with Crippen molar-refractivity contribution < 1.29 is 14.3 Å². The molecule has 0 bridgehead atoms. The molecule has 2 unspecified atom stereocenters. The maximum atomic E-state index is 11.0. The van der Waals surface area contributed by atoms with Crippen molar-refractivity contribution in [1.29, 1.82) is 0 Å². The van der Waals surface area contributed by atoms with Gasteiger partial charge in [0.15, 0.2) is 0 Å². The van der Waals surface area contributed by atoms with Crippen LogP contribution in [0.3, 0.4) is 0 Å². The molecule has 5 nitrogen and oxygen atoms in total. The van der Waals surface area contributed by atoms with Gasteiger partial charge in [-0.1, -0.05) is 0 Å². The zero-order valence-corrected chi connectivity index (χ0v) is 10.4. The smallest absolute Gasteiger partial charge is 0.234 e. The highest BCUT2D eigenvalue weighted by Crippen LogP contribution is 2.34. The number of carbonyl (C=O) groups is 1. The quantitative estimate of drug-likeness (QED) is 0.740. The minimum absolute atomic E-state index is 0.0362. The van der Waals surface area contributed by atoms with Crippen LogP contribution in [0, 0.1) is 0 Å². The second-order valence-corrected chi connectivity index (χ2v) is 5.12. The number of hydrogen-bond acceptors (Lipinski definition) is 4.